The van der Waals surface area contributed by atoms with Crippen LogP contribution < -0.4 is 25.4 Å². The van der Waals surface area contributed by atoms with E-state index in [0.29, 0.717) is 48.1 Å². The van der Waals surface area contributed by atoms with Gasteiger partial charge in [0.1, 0.15) is 15.7 Å². The van der Waals surface area contributed by atoms with Crippen molar-refractivity contribution in [2.24, 2.45) is 18.9 Å². The van der Waals surface area contributed by atoms with Gasteiger partial charge >= 0.3 is 6.61 Å². The van der Waals surface area contributed by atoms with E-state index < -0.39 is 16.6 Å². The third kappa shape index (κ3) is 6.38. The fourth-order valence-corrected chi connectivity index (χ4v) is 7.63. The van der Waals surface area contributed by atoms with Gasteiger partial charge in [-0.3, -0.25) is 4.79 Å². The number of carbonyl (C=O) groups excluding carboxylic acids is 1. The Labute approximate surface area is 222 Å². The lowest BCUT2D eigenvalue weighted by Gasteiger charge is -2.25. The number of aryl methyl sites for hydroxylation is 2. The quantitative estimate of drug-likeness (QED) is 0.319. The number of nitrogens with one attached hydrogen (secondary N) is 4. The van der Waals surface area contributed by atoms with Crippen molar-refractivity contribution in [1.82, 2.24) is 19.8 Å². The molecule has 37 heavy (non-hydrogen) atoms. The number of aromatic nitrogens is 2. The molecule has 0 radical (unpaired) electrons. The summed E-state index contributed by atoms with van der Waals surface area (Å²) in [6.45, 7) is -2.60. The average molecular weight is 575 g/mol. The molecule has 4 N–H and O–H groups in total. The Balaban J connectivity index is 1.31. The van der Waals surface area contributed by atoms with Crippen LogP contribution >= 0.6 is 23.6 Å². The highest BCUT2D eigenvalue weighted by Crippen LogP contribution is 2.42. The number of amides is 1. The molecular weight excluding hydrogens is 546 g/mol. The van der Waals surface area contributed by atoms with Gasteiger partial charge in [-0.2, -0.15) is 8.78 Å². The minimum atomic E-state index is -3.83. The first-order chi connectivity index (χ1) is 17.6. The summed E-state index contributed by atoms with van der Waals surface area (Å²) in [5, 5.41) is 13.5. The smallest absolute Gasteiger partial charge is 0.388 e. The van der Waals surface area contributed by atoms with Gasteiger partial charge in [-0.25, -0.2) is 17.8 Å². The first-order valence-corrected chi connectivity index (χ1v) is 14.8. The molecular formula is C22H28F2N6O4S3. The summed E-state index contributed by atoms with van der Waals surface area (Å²) in [6.07, 6.45) is 5.40. The van der Waals surface area contributed by atoms with Gasteiger partial charge in [-0.1, -0.05) is 0 Å². The van der Waals surface area contributed by atoms with Crippen LogP contribution in [0.2, 0.25) is 0 Å². The summed E-state index contributed by atoms with van der Waals surface area (Å²) in [5.41, 5.74) is 0.694. The highest BCUT2D eigenvalue weighted by molar-refractivity contribution is 7.90. The van der Waals surface area contributed by atoms with E-state index in [4.69, 9.17) is 12.2 Å². The van der Waals surface area contributed by atoms with E-state index >= 15 is 0 Å². The molecule has 2 saturated carbocycles. The standard InChI is InChI=1S/C22H28F2N6O4S3/c1-30-16(9-17(29-30)34-21(23)24)27-22(35)26-13-6-7-15-14(8-13)18(37(32,33)25-10-11-2-3-11)20(36-15)28-19(31)12-4-5-12/h9,11-13,21,25H,2-8,10H2,1H3,(H,28,31)(H2,26,27,35). The summed E-state index contributed by atoms with van der Waals surface area (Å²) in [6, 6.07) is 1.14. The Morgan fingerprint density at radius 1 is 1.27 bits per heavy atom. The molecule has 2 aromatic heterocycles. The van der Waals surface area contributed by atoms with Crippen molar-refractivity contribution in [3.63, 3.8) is 0 Å². The van der Waals surface area contributed by atoms with Gasteiger partial charge in [0.2, 0.25) is 21.8 Å². The molecule has 15 heteroatoms. The number of alkyl halides is 2. The molecule has 0 spiro atoms. The molecule has 2 fully saturated rings. The van der Waals surface area contributed by atoms with Gasteiger partial charge in [0.05, 0.1) is 0 Å². The Morgan fingerprint density at radius 3 is 2.70 bits per heavy atom. The number of fused-ring (bicyclic) bond motifs is 1. The largest absolute Gasteiger partial charge is 0.415 e. The molecule has 0 aromatic carbocycles. The molecule has 2 heterocycles. The van der Waals surface area contributed by atoms with Crippen LogP contribution in [0, 0.1) is 11.8 Å². The van der Waals surface area contributed by atoms with E-state index in [1.54, 1.807) is 7.05 Å². The fraction of sp³-hybridized carbons (Fsp3) is 0.591. The van der Waals surface area contributed by atoms with Crippen LogP contribution in [0.3, 0.4) is 0 Å². The second-order valence-corrected chi connectivity index (χ2v) is 12.8. The zero-order valence-corrected chi connectivity index (χ0v) is 22.5. The van der Waals surface area contributed by atoms with Crippen molar-refractivity contribution in [2.45, 2.75) is 62.5 Å². The summed E-state index contributed by atoms with van der Waals surface area (Å²) in [4.78, 5) is 13.6. The van der Waals surface area contributed by atoms with Crippen molar-refractivity contribution in [3.05, 3.63) is 16.5 Å². The number of carbonyl (C=O) groups is 1. The Morgan fingerprint density at radius 2 is 2.03 bits per heavy atom. The lowest BCUT2D eigenvalue weighted by atomic mass is 9.94. The highest BCUT2D eigenvalue weighted by Gasteiger charge is 2.36. The van der Waals surface area contributed by atoms with Crippen molar-refractivity contribution in [1.29, 1.82) is 0 Å². The predicted octanol–water partition coefficient (Wildman–Crippen LogP) is 2.96. The number of hydrogen-bond donors (Lipinski definition) is 4. The van der Waals surface area contributed by atoms with Crippen molar-refractivity contribution in [2.75, 3.05) is 17.2 Å². The maximum absolute atomic E-state index is 13.4. The Hall–Kier alpha value is -2.36. The van der Waals surface area contributed by atoms with Crippen molar-refractivity contribution in [3.8, 4) is 5.88 Å². The van der Waals surface area contributed by atoms with E-state index in [1.165, 1.54) is 22.1 Å². The molecule has 0 bridgehead atoms. The SMILES string of the molecule is Cn1nc(OC(F)F)cc1NC(=S)NC1CCc2sc(NC(=O)C3CC3)c(S(=O)(=O)NCC3CC3)c2C1. The number of ether oxygens (including phenoxy) is 1. The second kappa shape index (κ2) is 10.4. The van der Waals surface area contributed by atoms with Crippen LogP contribution in [0.4, 0.5) is 19.6 Å². The molecule has 202 valence electrons. The van der Waals surface area contributed by atoms with Crippen LogP contribution in [0.25, 0.3) is 0 Å². The predicted molar refractivity (Wildman–Crippen MR) is 139 cm³/mol. The molecule has 1 atom stereocenters. The number of thiophene rings is 1. The van der Waals surface area contributed by atoms with E-state index in [2.05, 4.69) is 30.5 Å². The van der Waals surface area contributed by atoms with Gasteiger partial charge in [-0.15, -0.1) is 16.4 Å². The summed E-state index contributed by atoms with van der Waals surface area (Å²) in [7, 11) is -2.27. The minimum absolute atomic E-state index is 0.0504. The molecule has 2 aromatic rings. The van der Waals surface area contributed by atoms with Crippen LogP contribution in [0.15, 0.2) is 11.0 Å². The summed E-state index contributed by atoms with van der Waals surface area (Å²) >= 11 is 6.75. The zero-order chi connectivity index (χ0) is 26.3. The molecule has 1 unspecified atom stereocenters. The Kier molecular flexibility index (Phi) is 7.40. The van der Waals surface area contributed by atoms with E-state index in [-0.39, 0.29) is 33.8 Å². The topological polar surface area (TPSA) is 126 Å². The number of anilines is 2. The minimum Gasteiger partial charge on any atom is -0.415 e. The highest BCUT2D eigenvalue weighted by atomic mass is 32.2. The molecule has 3 aliphatic rings. The summed E-state index contributed by atoms with van der Waals surface area (Å²) < 4.78 is 60.1. The first-order valence-electron chi connectivity index (χ1n) is 12.1. The van der Waals surface area contributed by atoms with E-state index in [9.17, 15) is 22.0 Å². The number of rotatable bonds is 10. The van der Waals surface area contributed by atoms with Gasteiger partial charge in [0, 0.05) is 36.5 Å². The van der Waals surface area contributed by atoms with Crippen LogP contribution in [0.5, 0.6) is 5.88 Å². The van der Waals surface area contributed by atoms with Crippen molar-refractivity contribution < 1.29 is 26.7 Å². The molecule has 0 aliphatic heterocycles. The lowest BCUT2D eigenvalue weighted by Crippen LogP contribution is -2.41. The number of nitrogens with zero attached hydrogens (tertiary/aromatic N) is 2. The van der Waals surface area contributed by atoms with Gasteiger partial charge in [0.25, 0.3) is 0 Å². The number of thiocarbonyl (C=S) groups is 1. The lowest BCUT2D eigenvalue weighted by molar-refractivity contribution is -0.117. The van der Waals surface area contributed by atoms with Crippen molar-refractivity contribution >= 4 is 55.4 Å². The zero-order valence-electron chi connectivity index (χ0n) is 20.1. The molecule has 1 amide bonds. The molecule has 10 nitrogen and oxygen atoms in total. The summed E-state index contributed by atoms with van der Waals surface area (Å²) in [5.74, 6) is 0.301. The third-order valence-corrected chi connectivity index (χ3v) is 9.66. The average Bonchev–Trinajstić information content (AvgIpc) is 3.73. The fourth-order valence-electron chi connectivity index (χ4n) is 4.27. The second-order valence-electron chi connectivity index (χ2n) is 9.63. The van der Waals surface area contributed by atoms with Crippen LogP contribution in [0.1, 0.15) is 42.5 Å². The third-order valence-electron chi connectivity index (χ3n) is 6.57. The Bertz CT molecular complexity index is 1300. The maximum atomic E-state index is 13.4. The van der Waals surface area contributed by atoms with Gasteiger partial charge < -0.3 is 20.7 Å². The monoisotopic (exact) mass is 574 g/mol. The van der Waals surface area contributed by atoms with Gasteiger partial charge in [0.15, 0.2) is 5.11 Å². The maximum Gasteiger partial charge on any atom is 0.388 e. The first kappa shape index (κ1) is 26.3. The van der Waals surface area contributed by atoms with Crippen LogP contribution in [-0.4, -0.2) is 48.4 Å². The number of halogens is 2. The molecule has 5 rings (SSSR count). The van der Waals surface area contributed by atoms with Crippen LogP contribution in [-0.2, 0) is 34.7 Å². The van der Waals surface area contributed by atoms with E-state index in [0.717, 1.165) is 30.6 Å². The van der Waals surface area contributed by atoms with Gasteiger partial charge in [-0.05, 0) is 68.6 Å². The number of sulfonamides is 1. The molecule has 3 aliphatic carbocycles. The molecule has 0 saturated heterocycles. The van der Waals surface area contributed by atoms with E-state index in [1.807, 2.05) is 0 Å². The number of hydrogen-bond acceptors (Lipinski definition) is 7. The normalized spacial score (nSPS) is 19.4.